The summed E-state index contributed by atoms with van der Waals surface area (Å²) >= 11 is 0. The molecule has 0 amide bonds. The van der Waals surface area contributed by atoms with Crippen LogP contribution < -0.4 is 0 Å². The maximum Gasteiger partial charge on any atom is 0.116 e. The lowest BCUT2D eigenvalue weighted by atomic mass is 10.2. The number of aromatic hydroxyl groups is 1. The molecule has 0 aliphatic rings. The molecule has 1 aromatic carbocycles. The Kier molecular flexibility index (Phi) is 1.95. The number of fused-ring (bicyclic) bond motifs is 1. The van der Waals surface area contributed by atoms with Gasteiger partial charge in [0.1, 0.15) is 5.75 Å². The normalized spacial score (nSPS) is 11.4. The number of nitrogens with zero attached hydrogens (tertiary/aromatic N) is 2. The second kappa shape index (κ2) is 3.01. The topological polar surface area (TPSA) is 38.1 Å². The van der Waals surface area contributed by atoms with Crippen molar-refractivity contribution in [3.63, 3.8) is 0 Å². The first-order valence-corrected chi connectivity index (χ1v) is 4.77. The van der Waals surface area contributed by atoms with Crippen molar-refractivity contribution in [3.8, 4) is 5.75 Å². The summed E-state index contributed by atoms with van der Waals surface area (Å²) in [4.78, 5) is 0. The smallest absolute Gasteiger partial charge is 0.116 e. The van der Waals surface area contributed by atoms with Crippen LogP contribution in [-0.4, -0.2) is 14.9 Å². The molecule has 3 heteroatoms. The summed E-state index contributed by atoms with van der Waals surface area (Å²) in [5, 5.41) is 14.9. The molecule has 0 spiro atoms. The summed E-state index contributed by atoms with van der Waals surface area (Å²) in [6, 6.07) is 5.62. The number of hydrogen-bond donors (Lipinski definition) is 1. The molecular weight excluding hydrogens is 176 g/mol. The molecule has 0 saturated heterocycles. The molecule has 1 heterocycles. The highest BCUT2D eigenvalue weighted by Crippen LogP contribution is 2.24. The van der Waals surface area contributed by atoms with E-state index in [0.717, 1.165) is 16.6 Å². The Bertz CT molecular complexity index is 471. The Morgan fingerprint density at radius 1 is 1.36 bits per heavy atom. The highest BCUT2D eigenvalue weighted by Gasteiger charge is 2.09. The SMILES string of the molecule is Cc1c2cc(O)ccc2nn1C(C)C. The van der Waals surface area contributed by atoms with Crippen molar-refractivity contribution >= 4 is 10.9 Å². The number of rotatable bonds is 1. The minimum absolute atomic E-state index is 0.295. The third-order valence-electron chi connectivity index (χ3n) is 2.42. The van der Waals surface area contributed by atoms with Gasteiger partial charge >= 0.3 is 0 Å². The first-order chi connectivity index (χ1) is 6.59. The van der Waals surface area contributed by atoms with E-state index in [2.05, 4.69) is 18.9 Å². The zero-order valence-electron chi connectivity index (χ0n) is 8.65. The number of phenolic OH excluding ortho intramolecular Hbond substituents is 1. The molecule has 0 aliphatic carbocycles. The number of hydrogen-bond acceptors (Lipinski definition) is 2. The average molecular weight is 190 g/mol. The second-order valence-electron chi connectivity index (χ2n) is 3.83. The van der Waals surface area contributed by atoms with Crippen molar-refractivity contribution in [2.24, 2.45) is 0 Å². The van der Waals surface area contributed by atoms with Gasteiger partial charge in [-0.25, -0.2) is 0 Å². The van der Waals surface area contributed by atoms with Gasteiger partial charge in [-0.15, -0.1) is 0 Å². The molecular formula is C11H14N2O. The van der Waals surface area contributed by atoms with E-state index < -0.39 is 0 Å². The molecule has 0 aliphatic heterocycles. The lowest BCUT2D eigenvalue weighted by Crippen LogP contribution is -2.04. The molecule has 74 valence electrons. The minimum atomic E-state index is 0.295. The van der Waals surface area contributed by atoms with Crippen molar-refractivity contribution < 1.29 is 5.11 Å². The second-order valence-corrected chi connectivity index (χ2v) is 3.83. The van der Waals surface area contributed by atoms with E-state index in [4.69, 9.17) is 0 Å². The summed E-state index contributed by atoms with van der Waals surface area (Å²) in [5.41, 5.74) is 2.04. The molecule has 0 fully saturated rings. The fourth-order valence-corrected chi connectivity index (χ4v) is 1.72. The van der Waals surface area contributed by atoms with E-state index in [-0.39, 0.29) is 0 Å². The molecule has 0 atom stereocenters. The molecule has 0 saturated carbocycles. The highest BCUT2D eigenvalue weighted by atomic mass is 16.3. The first kappa shape index (κ1) is 9.06. The van der Waals surface area contributed by atoms with Gasteiger partial charge in [0.15, 0.2) is 0 Å². The number of phenols is 1. The van der Waals surface area contributed by atoms with Crippen LogP contribution in [-0.2, 0) is 0 Å². The number of aryl methyl sites for hydroxylation is 1. The van der Waals surface area contributed by atoms with Crippen LogP contribution in [0.5, 0.6) is 5.75 Å². The van der Waals surface area contributed by atoms with Gasteiger partial charge in [-0.05, 0) is 39.0 Å². The van der Waals surface area contributed by atoms with Gasteiger partial charge in [0.05, 0.1) is 5.52 Å². The highest BCUT2D eigenvalue weighted by molar-refractivity contribution is 5.82. The van der Waals surface area contributed by atoms with Gasteiger partial charge in [0.2, 0.25) is 0 Å². The molecule has 2 rings (SSSR count). The van der Waals surface area contributed by atoms with Crippen LogP contribution in [0.25, 0.3) is 10.9 Å². The third kappa shape index (κ3) is 1.25. The molecule has 1 N–H and O–H groups in total. The molecule has 0 unspecified atom stereocenters. The molecule has 3 nitrogen and oxygen atoms in total. The van der Waals surface area contributed by atoms with Gasteiger partial charge in [0, 0.05) is 17.1 Å². The van der Waals surface area contributed by atoms with Crippen LogP contribution in [0, 0.1) is 6.92 Å². The molecule has 2 aromatic rings. The fraction of sp³-hybridized carbons (Fsp3) is 0.364. The zero-order chi connectivity index (χ0) is 10.3. The van der Waals surface area contributed by atoms with E-state index in [0.29, 0.717) is 11.8 Å². The predicted octanol–water partition coefficient (Wildman–Crippen LogP) is 2.63. The molecule has 0 radical (unpaired) electrons. The van der Waals surface area contributed by atoms with Gasteiger partial charge in [-0.2, -0.15) is 5.10 Å². The minimum Gasteiger partial charge on any atom is -0.508 e. The average Bonchev–Trinajstić information content (AvgIpc) is 2.44. The van der Waals surface area contributed by atoms with Crippen LogP contribution in [0.2, 0.25) is 0 Å². The largest absolute Gasteiger partial charge is 0.508 e. The van der Waals surface area contributed by atoms with Crippen molar-refractivity contribution in [3.05, 3.63) is 23.9 Å². The Morgan fingerprint density at radius 2 is 2.07 bits per heavy atom. The Morgan fingerprint density at radius 3 is 2.71 bits per heavy atom. The van der Waals surface area contributed by atoms with E-state index in [1.165, 1.54) is 0 Å². The van der Waals surface area contributed by atoms with E-state index in [9.17, 15) is 5.11 Å². The van der Waals surface area contributed by atoms with Crippen molar-refractivity contribution in [2.75, 3.05) is 0 Å². The summed E-state index contributed by atoms with van der Waals surface area (Å²) in [6.07, 6.45) is 0. The van der Waals surface area contributed by atoms with Crippen molar-refractivity contribution in [1.29, 1.82) is 0 Å². The Balaban J connectivity index is 2.74. The Hall–Kier alpha value is -1.51. The van der Waals surface area contributed by atoms with Gasteiger partial charge in [0.25, 0.3) is 0 Å². The lowest BCUT2D eigenvalue weighted by molar-refractivity contribution is 0.476. The lowest BCUT2D eigenvalue weighted by Gasteiger charge is -2.06. The van der Waals surface area contributed by atoms with Crippen LogP contribution in [0.3, 0.4) is 0 Å². The quantitative estimate of drug-likeness (QED) is 0.750. The molecule has 14 heavy (non-hydrogen) atoms. The predicted molar refractivity (Wildman–Crippen MR) is 56.5 cm³/mol. The monoisotopic (exact) mass is 190 g/mol. The van der Waals surface area contributed by atoms with Crippen LogP contribution in [0.15, 0.2) is 18.2 Å². The maximum atomic E-state index is 9.37. The van der Waals surface area contributed by atoms with E-state index >= 15 is 0 Å². The standard InChI is InChI=1S/C11H14N2O/c1-7(2)13-8(3)10-6-9(14)4-5-11(10)12-13/h4-7,14H,1-3H3. The maximum absolute atomic E-state index is 9.37. The summed E-state index contributed by atoms with van der Waals surface area (Å²) in [6.45, 7) is 6.21. The fourth-order valence-electron chi connectivity index (χ4n) is 1.72. The van der Waals surface area contributed by atoms with Gasteiger partial charge in [-0.1, -0.05) is 0 Å². The van der Waals surface area contributed by atoms with Crippen LogP contribution in [0.4, 0.5) is 0 Å². The van der Waals surface area contributed by atoms with Gasteiger partial charge in [-0.3, -0.25) is 4.68 Å². The summed E-state index contributed by atoms with van der Waals surface area (Å²) in [7, 11) is 0. The van der Waals surface area contributed by atoms with Crippen LogP contribution in [0.1, 0.15) is 25.6 Å². The summed E-state index contributed by atoms with van der Waals surface area (Å²) in [5.74, 6) is 0.295. The zero-order valence-corrected chi connectivity index (χ0v) is 8.65. The number of aromatic nitrogens is 2. The van der Waals surface area contributed by atoms with E-state index in [1.54, 1.807) is 12.1 Å². The Labute approximate surface area is 83.0 Å². The van der Waals surface area contributed by atoms with Crippen molar-refractivity contribution in [1.82, 2.24) is 9.78 Å². The first-order valence-electron chi connectivity index (χ1n) is 4.77. The molecule has 1 aromatic heterocycles. The summed E-state index contributed by atoms with van der Waals surface area (Å²) < 4.78 is 1.98. The number of benzene rings is 1. The van der Waals surface area contributed by atoms with E-state index in [1.807, 2.05) is 17.7 Å². The van der Waals surface area contributed by atoms with Gasteiger partial charge < -0.3 is 5.11 Å². The molecule has 0 bridgehead atoms. The van der Waals surface area contributed by atoms with Crippen LogP contribution >= 0.6 is 0 Å². The van der Waals surface area contributed by atoms with Crippen molar-refractivity contribution in [2.45, 2.75) is 26.8 Å². The third-order valence-corrected chi connectivity index (χ3v) is 2.42.